The van der Waals surface area contributed by atoms with Gasteiger partial charge in [0.1, 0.15) is 0 Å². The lowest BCUT2D eigenvalue weighted by atomic mass is 10.0. The van der Waals surface area contributed by atoms with Crippen LogP contribution in [0.1, 0.15) is 38.5 Å². The Morgan fingerprint density at radius 3 is 2.47 bits per heavy atom. The van der Waals surface area contributed by atoms with Gasteiger partial charge in [0.2, 0.25) is 5.91 Å². The molecule has 2 nitrogen and oxygen atoms in total. The lowest BCUT2D eigenvalue weighted by molar-refractivity contribution is -0.125. The topological polar surface area (TPSA) is 29.1 Å². The molecule has 3 heteroatoms. The van der Waals surface area contributed by atoms with Crippen LogP contribution in [0, 0.1) is 17.8 Å². The molecule has 4 atom stereocenters. The third kappa shape index (κ3) is 1.89. The lowest BCUT2D eigenvalue weighted by Gasteiger charge is -2.19. The van der Waals surface area contributed by atoms with Gasteiger partial charge in [0, 0.05) is 12.0 Å². The van der Waals surface area contributed by atoms with Crippen molar-refractivity contribution in [3.05, 3.63) is 0 Å². The molecule has 1 amide bonds. The monoisotopic (exact) mass is 227 g/mol. The van der Waals surface area contributed by atoms with Gasteiger partial charge in [0.05, 0.1) is 5.38 Å². The number of fused-ring (bicyclic) bond motifs is 1. The van der Waals surface area contributed by atoms with Gasteiger partial charge in [0.15, 0.2) is 0 Å². The van der Waals surface area contributed by atoms with Crippen molar-refractivity contribution >= 4 is 17.5 Å². The van der Waals surface area contributed by atoms with Crippen LogP contribution in [-0.4, -0.2) is 17.3 Å². The van der Waals surface area contributed by atoms with Gasteiger partial charge in [-0.2, -0.15) is 0 Å². The standard InChI is InChI=1S/C12H18ClNO/c13-10-2-1-3-11(10)14-12(15)9-5-7-4-8(7)6-9/h7-11H,1-6H2,(H,14,15). The average Bonchev–Trinajstić information content (AvgIpc) is 2.64. The highest BCUT2D eigenvalue weighted by atomic mass is 35.5. The van der Waals surface area contributed by atoms with E-state index in [9.17, 15) is 4.79 Å². The maximum Gasteiger partial charge on any atom is 0.223 e. The minimum atomic E-state index is 0.171. The van der Waals surface area contributed by atoms with Crippen LogP contribution < -0.4 is 5.32 Å². The molecule has 0 aromatic rings. The Morgan fingerprint density at radius 2 is 1.87 bits per heavy atom. The number of alkyl halides is 1. The predicted octanol–water partition coefficient (Wildman–Crippen LogP) is 2.31. The van der Waals surface area contributed by atoms with Gasteiger partial charge in [-0.25, -0.2) is 0 Å². The van der Waals surface area contributed by atoms with Crippen molar-refractivity contribution in [1.29, 1.82) is 0 Å². The van der Waals surface area contributed by atoms with E-state index in [1.807, 2.05) is 0 Å². The molecule has 15 heavy (non-hydrogen) atoms. The van der Waals surface area contributed by atoms with Crippen molar-refractivity contribution in [3.8, 4) is 0 Å². The highest BCUT2D eigenvalue weighted by Gasteiger charge is 2.48. The fraction of sp³-hybridized carbons (Fsp3) is 0.917. The van der Waals surface area contributed by atoms with Crippen LogP contribution in [0.3, 0.4) is 0 Å². The number of hydrogen-bond donors (Lipinski definition) is 1. The van der Waals surface area contributed by atoms with E-state index in [0.717, 1.165) is 43.9 Å². The molecule has 0 heterocycles. The van der Waals surface area contributed by atoms with Gasteiger partial charge in [0.25, 0.3) is 0 Å². The molecule has 0 spiro atoms. The van der Waals surface area contributed by atoms with E-state index in [1.54, 1.807) is 0 Å². The molecule has 3 fully saturated rings. The molecule has 0 saturated heterocycles. The Hall–Kier alpha value is -0.240. The first-order valence-corrected chi connectivity index (χ1v) is 6.62. The summed E-state index contributed by atoms with van der Waals surface area (Å²) in [6.07, 6.45) is 6.94. The van der Waals surface area contributed by atoms with E-state index >= 15 is 0 Å². The lowest BCUT2D eigenvalue weighted by Crippen LogP contribution is -2.41. The third-order valence-corrected chi connectivity index (χ3v) is 4.90. The molecule has 3 rings (SSSR count). The Kier molecular flexibility index (Phi) is 2.42. The molecule has 3 aliphatic carbocycles. The molecule has 0 aromatic carbocycles. The molecular formula is C12H18ClNO. The van der Waals surface area contributed by atoms with Crippen LogP contribution in [0.4, 0.5) is 0 Å². The van der Waals surface area contributed by atoms with Gasteiger partial charge in [-0.05, 0) is 50.4 Å². The van der Waals surface area contributed by atoms with Gasteiger partial charge in [-0.3, -0.25) is 4.79 Å². The fourth-order valence-corrected chi connectivity index (χ4v) is 3.65. The van der Waals surface area contributed by atoms with Crippen molar-refractivity contribution in [3.63, 3.8) is 0 Å². The molecule has 0 aliphatic heterocycles. The first kappa shape index (κ1) is 9.95. The van der Waals surface area contributed by atoms with E-state index in [2.05, 4.69) is 5.32 Å². The molecule has 3 saturated carbocycles. The second kappa shape index (κ2) is 3.65. The largest absolute Gasteiger partial charge is 0.352 e. The number of amides is 1. The summed E-state index contributed by atoms with van der Waals surface area (Å²) in [6.45, 7) is 0. The second-order valence-electron chi connectivity index (χ2n) is 5.49. The highest BCUT2D eigenvalue weighted by Crippen LogP contribution is 2.54. The highest BCUT2D eigenvalue weighted by molar-refractivity contribution is 6.21. The summed E-state index contributed by atoms with van der Waals surface area (Å²) >= 11 is 6.15. The number of hydrogen-bond acceptors (Lipinski definition) is 1. The maximum atomic E-state index is 11.9. The SMILES string of the molecule is O=C(NC1CCCC1Cl)C1CC2CC2C1. The summed E-state index contributed by atoms with van der Waals surface area (Å²) in [5.41, 5.74) is 0. The minimum Gasteiger partial charge on any atom is -0.352 e. The Balaban J connectivity index is 1.52. The van der Waals surface area contributed by atoms with Gasteiger partial charge in [-0.1, -0.05) is 0 Å². The second-order valence-corrected chi connectivity index (χ2v) is 6.05. The summed E-state index contributed by atoms with van der Waals surface area (Å²) in [5, 5.41) is 3.31. The van der Waals surface area contributed by atoms with E-state index < -0.39 is 0 Å². The molecule has 4 unspecified atom stereocenters. The number of carbonyl (C=O) groups is 1. The number of rotatable bonds is 2. The van der Waals surface area contributed by atoms with E-state index in [0.29, 0.717) is 5.92 Å². The van der Waals surface area contributed by atoms with Crippen LogP contribution in [0.2, 0.25) is 0 Å². The average molecular weight is 228 g/mol. The zero-order chi connectivity index (χ0) is 10.4. The first-order valence-electron chi connectivity index (χ1n) is 6.18. The van der Waals surface area contributed by atoms with Crippen molar-refractivity contribution in [2.45, 2.75) is 49.9 Å². The van der Waals surface area contributed by atoms with Gasteiger partial charge < -0.3 is 5.32 Å². The van der Waals surface area contributed by atoms with E-state index in [4.69, 9.17) is 11.6 Å². The minimum absolute atomic E-state index is 0.171. The summed E-state index contributed by atoms with van der Waals surface area (Å²) in [5.74, 6) is 2.35. The maximum absolute atomic E-state index is 11.9. The summed E-state index contributed by atoms with van der Waals surface area (Å²) in [4.78, 5) is 11.9. The van der Waals surface area contributed by atoms with E-state index in [1.165, 1.54) is 6.42 Å². The molecule has 0 aromatic heterocycles. The van der Waals surface area contributed by atoms with Crippen LogP contribution in [0.15, 0.2) is 0 Å². The number of halogens is 1. The fourth-order valence-electron chi connectivity index (χ4n) is 3.31. The smallest absolute Gasteiger partial charge is 0.223 e. The van der Waals surface area contributed by atoms with Crippen molar-refractivity contribution in [2.75, 3.05) is 0 Å². The Bertz CT molecular complexity index is 271. The van der Waals surface area contributed by atoms with Crippen LogP contribution in [0.25, 0.3) is 0 Å². The predicted molar refractivity (Wildman–Crippen MR) is 59.7 cm³/mol. The third-order valence-electron chi connectivity index (χ3n) is 4.37. The zero-order valence-electron chi connectivity index (χ0n) is 8.92. The number of nitrogens with one attached hydrogen (secondary N) is 1. The summed E-state index contributed by atoms with van der Waals surface area (Å²) in [6, 6.07) is 0.246. The quantitative estimate of drug-likeness (QED) is 0.721. The molecule has 1 N–H and O–H groups in total. The van der Waals surface area contributed by atoms with Crippen molar-refractivity contribution in [1.82, 2.24) is 5.32 Å². The first-order chi connectivity index (χ1) is 7.24. The normalized spacial score (nSPS) is 47.7. The van der Waals surface area contributed by atoms with Gasteiger partial charge in [-0.15, -0.1) is 11.6 Å². The van der Waals surface area contributed by atoms with Gasteiger partial charge >= 0.3 is 0 Å². The zero-order valence-corrected chi connectivity index (χ0v) is 9.67. The molecular weight excluding hydrogens is 210 g/mol. The number of carbonyl (C=O) groups excluding carboxylic acids is 1. The molecule has 0 bridgehead atoms. The summed E-state index contributed by atoms with van der Waals surface area (Å²) < 4.78 is 0. The molecule has 3 aliphatic rings. The molecule has 0 radical (unpaired) electrons. The Labute approximate surface area is 95.8 Å². The van der Waals surface area contributed by atoms with Crippen LogP contribution >= 0.6 is 11.6 Å². The van der Waals surface area contributed by atoms with Crippen LogP contribution in [0.5, 0.6) is 0 Å². The summed E-state index contributed by atoms with van der Waals surface area (Å²) in [7, 11) is 0. The molecule has 84 valence electrons. The Morgan fingerprint density at radius 1 is 1.13 bits per heavy atom. The van der Waals surface area contributed by atoms with Crippen molar-refractivity contribution in [2.24, 2.45) is 17.8 Å². The van der Waals surface area contributed by atoms with Crippen molar-refractivity contribution < 1.29 is 4.79 Å². The van der Waals surface area contributed by atoms with Crippen LogP contribution in [-0.2, 0) is 4.79 Å². The van der Waals surface area contributed by atoms with E-state index in [-0.39, 0.29) is 17.3 Å².